The molecule has 3 aliphatic rings. The Morgan fingerprint density at radius 1 is 1.28 bits per heavy atom. The quantitative estimate of drug-likeness (QED) is 0.869. The Hall–Kier alpha value is -1.51. The Labute approximate surface area is 146 Å². The van der Waals surface area contributed by atoms with Gasteiger partial charge in [-0.05, 0) is 43.9 Å². The molecule has 3 fully saturated rings. The average Bonchev–Trinajstić information content (AvgIpc) is 2.84. The van der Waals surface area contributed by atoms with Crippen molar-refractivity contribution in [3.05, 3.63) is 30.1 Å². The molecule has 0 radical (unpaired) electrons. The second-order valence-electron chi connectivity index (χ2n) is 7.05. The second kappa shape index (κ2) is 6.34. The number of morpholine rings is 1. The largest absolute Gasteiger partial charge is 0.371 e. The fourth-order valence-electron chi connectivity index (χ4n) is 3.73. The molecular weight excluding hydrogens is 347 g/mol. The van der Waals surface area contributed by atoms with Gasteiger partial charge in [-0.1, -0.05) is 6.07 Å². The summed E-state index contributed by atoms with van der Waals surface area (Å²) in [5, 5.41) is 3.03. The molecule has 2 saturated heterocycles. The summed E-state index contributed by atoms with van der Waals surface area (Å²) >= 11 is 0. The van der Waals surface area contributed by atoms with Crippen molar-refractivity contribution in [2.45, 2.75) is 48.8 Å². The highest BCUT2D eigenvalue weighted by atomic mass is 32.2. The monoisotopic (exact) mass is 368 g/mol. The van der Waals surface area contributed by atoms with Crippen LogP contribution in [-0.4, -0.2) is 50.0 Å². The molecule has 25 heavy (non-hydrogen) atoms. The third kappa shape index (κ3) is 3.18. The highest BCUT2D eigenvalue weighted by molar-refractivity contribution is 7.89. The molecule has 1 aromatic rings. The zero-order chi connectivity index (χ0) is 17.6. The minimum absolute atomic E-state index is 0.0396. The van der Waals surface area contributed by atoms with E-state index in [0.29, 0.717) is 6.42 Å². The molecule has 3 atom stereocenters. The topological polar surface area (TPSA) is 75.7 Å². The van der Waals surface area contributed by atoms with Crippen LogP contribution >= 0.6 is 0 Å². The number of fused-ring (bicyclic) bond motifs is 2. The second-order valence-corrected chi connectivity index (χ2v) is 8.99. The van der Waals surface area contributed by atoms with Crippen molar-refractivity contribution in [2.24, 2.45) is 5.92 Å². The summed E-state index contributed by atoms with van der Waals surface area (Å²) in [5.41, 5.74) is 0. The van der Waals surface area contributed by atoms with Crippen molar-refractivity contribution in [1.82, 2.24) is 9.62 Å². The van der Waals surface area contributed by atoms with Crippen molar-refractivity contribution in [1.29, 1.82) is 0 Å². The first-order valence-electron chi connectivity index (χ1n) is 8.65. The van der Waals surface area contributed by atoms with Gasteiger partial charge in [-0.3, -0.25) is 4.79 Å². The van der Waals surface area contributed by atoms with Gasteiger partial charge in [0, 0.05) is 19.1 Å². The summed E-state index contributed by atoms with van der Waals surface area (Å²) in [5.74, 6) is -0.949. The molecule has 0 aromatic heterocycles. The molecule has 1 amide bonds. The number of nitrogens with one attached hydrogen (secondary N) is 1. The molecule has 1 aromatic carbocycles. The van der Waals surface area contributed by atoms with Gasteiger partial charge in [0.05, 0.1) is 23.0 Å². The van der Waals surface area contributed by atoms with E-state index in [2.05, 4.69) is 5.32 Å². The van der Waals surface area contributed by atoms with Crippen molar-refractivity contribution >= 4 is 15.9 Å². The van der Waals surface area contributed by atoms with Crippen LogP contribution in [0.1, 0.15) is 25.7 Å². The van der Waals surface area contributed by atoms with Crippen LogP contribution in [0.25, 0.3) is 0 Å². The van der Waals surface area contributed by atoms with Gasteiger partial charge in [0.2, 0.25) is 15.9 Å². The Morgan fingerprint density at radius 2 is 2.08 bits per heavy atom. The molecule has 136 valence electrons. The number of hydrogen-bond donors (Lipinski definition) is 1. The van der Waals surface area contributed by atoms with Gasteiger partial charge in [-0.2, -0.15) is 4.31 Å². The standard InChI is InChI=1S/C17H21FN2O4S/c18-11-3-1-6-14(7-11)25(22,23)20-9-13-8-15(16(10-20)24-13)17(21)19-12-4-2-5-12/h1,3,6-7,12-13,15-16H,2,4-5,8-10H2,(H,19,21)/t13-,15-,16+/m0/s1. The molecule has 6 nitrogen and oxygen atoms in total. The lowest BCUT2D eigenvalue weighted by Gasteiger charge is -2.32. The number of nitrogens with zero attached hydrogens (tertiary/aromatic N) is 1. The van der Waals surface area contributed by atoms with Gasteiger partial charge in [-0.25, -0.2) is 12.8 Å². The van der Waals surface area contributed by atoms with E-state index in [1.165, 1.54) is 22.5 Å². The molecule has 1 aliphatic carbocycles. The summed E-state index contributed by atoms with van der Waals surface area (Å²) < 4.78 is 46.1. The number of sulfonamides is 1. The number of amides is 1. The highest BCUT2D eigenvalue weighted by Gasteiger charge is 2.48. The number of rotatable bonds is 4. The van der Waals surface area contributed by atoms with Crippen LogP contribution in [0, 0.1) is 11.7 Å². The van der Waals surface area contributed by atoms with E-state index < -0.39 is 21.9 Å². The van der Waals surface area contributed by atoms with E-state index in [1.54, 1.807) is 0 Å². The Balaban J connectivity index is 1.49. The molecule has 8 heteroatoms. The fraction of sp³-hybridized carbons (Fsp3) is 0.588. The van der Waals surface area contributed by atoms with E-state index in [4.69, 9.17) is 4.74 Å². The van der Waals surface area contributed by atoms with Crippen LogP contribution in [0.15, 0.2) is 29.2 Å². The molecule has 2 heterocycles. The minimum atomic E-state index is -3.79. The van der Waals surface area contributed by atoms with Gasteiger partial charge < -0.3 is 10.1 Å². The lowest BCUT2D eigenvalue weighted by Crippen LogP contribution is -2.49. The Bertz CT molecular complexity index is 781. The molecular formula is C17H21FN2O4S. The molecule has 2 bridgehead atoms. The van der Waals surface area contributed by atoms with E-state index in [0.717, 1.165) is 25.3 Å². The van der Waals surface area contributed by atoms with Crippen LogP contribution in [-0.2, 0) is 19.6 Å². The number of hydrogen-bond acceptors (Lipinski definition) is 4. The minimum Gasteiger partial charge on any atom is -0.371 e. The van der Waals surface area contributed by atoms with E-state index in [9.17, 15) is 17.6 Å². The number of benzene rings is 1. The Kier molecular flexibility index (Phi) is 4.29. The number of carbonyl (C=O) groups is 1. The van der Waals surface area contributed by atoms with Gasteiger partial charge in [0.1, 0.15) is 5.82 Å². The summed E-state index contributed by atoms with van der Waals surface area (Å²) in [6.45, 7) is 0.320. The van der Waals surface area contributed by atoms with Crippen LogP contribution in [0.2, 0.25) is 0 Å². The van der Waals surface area contributed by atoms with Gasteiger partial charge in [0.15, 0.2) is 0 Å². The van der Waals surface area contributed by atoms with Crippen LogP contribution in [0.3, 0.4) is 0 Å². The highest BCUT2D eigenvalue weighted by Crippen LogP contribution is 2.35. The summed E-state index contributed by atoms with van der Waals surface area (Å²) in [6, 6.07) is 5.25. The van der Waals surface area contributed by atoms with Gasteiger partial charge >= 0.3 is 0 Å². The number of ether oxygens (including phenoxy) is 1. The first-order chi connectivity index (χ1) is 11.9. The molecule has 4 rings (SSSR count). The molecule has 1 saturated carbocycles. The third-order valence-corrected chi connectivity index (χ3v) is 7.17. The van der Waals surface area contributed by atoms with Gasteiger partial charge in [0.25, 0.3) is 0 Å². The molecule has 1 N–H and O–H groups in total. The number of carbonyl (C=O) groups excluding carboxylic acids is 1. The average molecular weight is 368 g/mol. The van der Waals surface area contributed by atoms with Gasteiger partial charge in [-0.15, -0.1) is 0 Å². The lowest BCUT2D eigenvalue weighted by molar-refractivity contribution is -0.128. The predicted molar refractivity (Wildman–Crippen MR) is 87.7 cm³/mol. The SMILES string of the molecule is O=C(NC1CCC1)[C@H]1C[C@H]2CN(S(=O)(=O)c3cccc(F)c3)C[C@H]1O2. The molecule has 0 spiro atoms. The number of halogens is 1. The fourth-order valence-corrected chi connectivity index (χ4v) is 5.25. The van der Waals surface area contributed by atoms with Crippen LogP contribution < -0.4 is 5.32 Å². The Morgan fingerprint density at radius 3 is 2.76 bits per heavy atom. The van der Waals surface area contributed by atoms with E-state index >= 15 is 0 Å². The zero-order valence-corrected chi connectivity index (χ0v) is 14.5. The van der Waals surface area contributed by atoms with Crippen molar-refractivity contribution in [3.8, 4) is 0 Å². The maximum absolute atomic E-state index is 13.4. The first-order valence-corrected chi connectivity index (χ1v) is 10.1. The normalized spacial score (nSPS) is 30.0. The van der Waals surface area contributed by atoms with E-state index in [1.807, 2.05) is 0 Å². The zero-order valence-electron chi connectivity index (χ0n) is 13.7. The summed E-state index contributed by atoms with van der Waals surface area (Å²) in [4.78, 5) is 12.4. The molecule has 0 unspecified atom stereocenters. The first kappa shape index (κ1) is 16.9. The predicted octanol–water partition coefficient (Wildman–Crippen LogP) is 1.27. The summed E-state index contributed by atoms with van der Waals surface area (Å²) in [7, 11) is -3.79. The smallest absolute Gasteiger partial charge is 0.243 e. The molecule has 2 aliphatic heterocycles. The van der Waals surface area contributed by atoms with Crippen molar-refractivity contribution < 1.29 is 22.3 Å². The lowest BCUT2D eigenvalue weighted by atomic mass is 9.91. The third-order valence-electron chi connectivity index (χ3n) is 5.35. The maximum atomic E-state index is 13.4. The van der Waals surface area contributed by atoms with E-state index in [-0.39, 0.29) is 42.0 Å². The van der Waals surface area contributed by atoms with Crippen molar-refractivity contribution in [2.75, 3.05) is 13.1 Å². The maximum Gasteiger partial charge on any atom is 0.243 e. The summed E-state index contributed by atoms with van der Waals surface area (Å²) in [6.07, 6.45) is 2.94. The van der Waals surface area contributed by atoms with Crippen molar-refractivity contribution in [3.63, 3.8) is 0 Å². The van der Waals surface area contributed by atoms with Crippen LogP contribution in [0.5, 0.6) is 0 Å². The van der Waals surface area contributed by atoms with Crippen LogP contribution in [0.4, 0.5) is 4.39 Å².